The lowest BCUT2D eigenvalue weighted by atomic mass is 10.1. The third-order valence-corrected chi connectivity index (χ3v) is 10.9. The number of benzene rings is 2. The number of hydrogen-bond donors (Lipinski definition) is 0. The third kappa shape index (κ3) is 5.65. The number of hydrogen-bond acceptors (Lipinski definition) is 7. The molecule has 0 saturated heterocycles. The highest BCUT2D eigenvalue weighted by Crippen LogP contribution is 2.32. The maximum Gasteiger partial charge on any atom is 0.267 e. The molecule has 2 aromatic carbocycles. The lowest BCUT2D eigenvalue weighted by Gasteiger charge is -2.28. The van der Waals surface area contributed by atoms with E-state index in [1.807, 2.05) is 77.9 Å². The lowest BCUT2D eigenvalue weighted by molar-refractivity contribution is -0.116. The van der Waals surface area contributed by atoms with Gasteiger partial charge in [0, 0.05) is 16.0 Å². The molecule has 1 amide bonds. The molecule has 1 aliphatic rings. The van der Waals surface area contributed by atoms with Gasteiger partial charge in [-0.15, -0.1) is 11.3 Å². The number of thiophene rings is 1. The summed E-state index contributed by atoms with van der Waals surface area (Å²) in [6.45, 7) is 11.9. The fraction of sp³-hybridized carbons (Fsp3) is 0.323. The van der Waals surface area contributed by atoms with Crippen LogP contribution >= 0.6 is 23.1 Å². The van der Waals surface area contributed by atoms with Gasteiger partial charge >= 0.3 is 0 Å². The largest absolute Gasteiger partial charge is 0.304 e. The Morgan fingerprint density at radius 2 is 1.80 bits per heavy atom. The monoisotopic (exact) mass is 607 g/mol. The first-order valence-electron chi connectivity index (χ1n) is 13.5. The molecule has 0 saturated carbocycles. The van der Waals surface area contributed by atoms with Crippen LogP contribution in [0.3, 0.4) is 0 Å². The van der Waals surface area contributed by atoms with E-state index in [0.717, 1.165) is 44.8 Å². The van der Waals surface area contributed by atoms with E-state index in [0.29, 0.717) is 21.1 Å². The molecular formula is C31H33N3O4S3. The van der Waals surface area contributed by atoms with E-state index in [1.54, 1.807) is 15.5 Å². The summed E-state index contributed by atoms with van der Waals surface area (Å²) in [6.07, 6.45) is 2.30. The molecule has 4 aromatic rings. The molecule has 1 unspecified atom stereocenters. The van der Waals surface area contributed by atoms with Gasteiger partial charge in [0.2, 0.25) is 5.91 Å². The maximum absolute atomic E-state index is 14.1. The number of rotatable bonds is 7. The van der Waals surface area contributed by atoms with Crippen molar-refractivity contribution in [3.05, 3.63) is 90.9 Å². The first-order valence-corrected chi connectivity index (χ1v) is 17.0. The highest BCUT2D eigenvalue weighted by atomic mass is 32.2. The lowest BCUT2D eigenvalue weighted by Crippen LogP contribution is -2.42. The van der Waals surface area contributed by atoms with Gasteiger partial charge in [-0.3, -0.25) is 14.2 Å². The van der Waals surface area contributed by atoms with Crippen LogP contribution in [0.1, 0.15) is 39.6 Å². The van der Waals surface area contributed by atoms with Crippen LogP contribution in [0.2, 0.25) is 0 Å². The Labute approximate surface area is 248 Å². The number of sulfone groups is 1. The molecule has 0 aliphatic carbocycles. The first-order chi connectivity index (χ1) is 19.4. The number of aromatic nitrogens is 2. The quantitative estimate of drug-likeness (QED) is 0.190. The normalized spacial score (nSPS) is 16.0. The summed E-state index contributed by atoms with van der Waals surface area (Å²) in [5, 5.41) is 2.25. The van der Waals surface area contributed by atoms with Crippen molar-refractivity contribution < 1.29 is 13.2 Å². The summed E-state index contributed by atoms with van der Waals surface area (Å²) in [5.74, 6) is -0.448. The van der Waals surface area contributed by atoms with Crippen molar-refractivity contribution in [3.63, 3.8) is 0 Å². The molecule has 5 rings (SSSR count). The average Bonchev–Trinajstić information content (AvgIpc) is 3.44. The summed E-state index contributed by atoms with van der Waals surface area (Å²) in [6, 6.07) is 11.0. The van der Waals surface area contributed by atoms with E-state index in [9.17, 15) is 18.0 Å². The van der Waals surface area contributed by atoms with Crippen LogP contribution in [-0.2, 0) is 21.1 Å². The third-order valence-electron chi connectivity index (χ3n) is 7.56. The summed E-state index contributed by atoms with van der Waals surface area (Å²) < 4.78 is 26.2. The van der Waals surface area contributed by atoms with Crippen LogP contribution in [0.5, 0.6) is 0 Å². The van der Waals surface area contributed by atoms with Crippen molar-refractivity contribution in [2.75, 3.05) is 16.4 Å². The van der Waals surface area contributed by atoms with Gasteiger partial charge < -0.3 is 4.90 Å². The Bertz CT molecular complexity index is 1890. The number of anilines is 1. The Balaban J connectivity index is 1.59. The van der Waals surface area contributed by atoms with Gasteiger partial charge in [0.05, 0.1) is 28.6 Å². The molecule has 214 valence electrons. The molecular weight excluding hydrogens is 575 g/mol. The van der Waals surface area contributed by atoms with E-state index >= 15 is 0 Å². The molecule has 3 heterocycles. The van der Waals surface area contributed by atoms with Gasteiger partial charge in [0.1, 0.15) is 4.83 Å². The summed E-state index contributed by atoms with van der Waals surface area (Å²) in [5.41, 5.74) is 6.27. The average molecular weight is 608 g/mol. The van der Waals surface area contributed by atoms with E-state index in [1.165, 1.54) is 28.5 Å². The second-order valence-electron chi connectivity index (χ2n) is 10.5. The van der Waals surface area contributed by atoms with Gasteiger partial charge in [0.15, 0.2) is 15.0 Å². The van der Waals surface area contributed by atoms with Crippen LogP contribution in [-0.4, -0.2) is 41.4 Å². The summed E-state index contributed by atoms with van der Waals surface area (Å²) in [4.78, 5) is 36.2. The first kappa shape index (κ1) is 29.3. The summed E-state index contributed by atoms with van der Waals surface area (Å²) >= 11 is 2.69. The van der Waals surface area contributed by atoms with Crippen LogP contribution in [0.25, 0.3) is 15.9 Å². The number of carbonyl (C=O) groups is 1. The van der Waals surface area contributed by atoms with Gasteiger partial charge in [-0.05, 0) is 93.1 Å². The Kier molecular flexibility index (Phi) is 8.02. The molecule has 0 bridgehead atoms. The predicted molar refractivity (Wildman–Crippen MR) is 170 cm³/mol. The number of aryl methyl sites for hydroxylation is 6. The molecule has 0 spiro atoms. The van der Waals surface area contributed by atoms with E-state index < -0.39 is 15.9 Å². The van der Waals surface area contributed by atoms with Crippen molar-refractivity contribution in [2.45, 2.75) is 59.2 Å². The van der Waals surface area contributed by atoms with Gasteiger partial charge in [0.25, 0.3) is 5.56 Å². The van der Waals surface area contributed by atoms with Crippen LogP contribution in [0, 0.1) is 34.6 Å². The van der Waals surface area contributed by atoms with Gasteiger partial charge in [-0.25, -0.2) is 13.4 Å². The molecule has 0 fully saturated rings. The van der Waals surface area contributed by atoms with Crippen molar-refractivity contribution in [2.24, 2.45) is 0 Å². The number of amides is 1. The van der Waals surface area contributed by atoms with Crippen molar-refractivity contribution >= 4 is 54.7 Å². The predicted octanol–water partition coefficient (Wildman–Crippen LogP) is 5.99. The van der Waals surface area contributed by atoms with Gasteiger partial charge in [-0.1, -0.05) is 36.9 Å². The van der Waals surface area contributed by atoms with E-state index in [-0.39, 0.29) is 23.0 Å². The zero-order valence-electron chi connectivity index (χ0n) is 24.0. The molecule has 2 aromatic heterocycles. The minimum atomic E-state index is -3.39. The number of fused-ring (bicyclic) bond motifs is 1. The topological polar surface area (TPSA) is 89.3 Å². The highest BCUT2D eigenvalue weighted by Gasteiger charge is 2.32. The van der Waals surface area contributed by atoms with Crippen molar-refractivity contribution in [1.29, 1.82) is 0 Å². The second kappa shape index (κ2) is 11.2. The zero-order valence-corrected chi connectivity index (χ0v) is 26.5. The Morgan fingerprint density at radius 3 is 2.46 bits per heavy atom. The number of thioether (sulfide) groups is 1. The van der Waals surface area contributed by atoms with Gasteiger partial charge in [-0.2, -0.15) is 0 Å². The van der Waals surface area contributed by atoms with Crippen LogP contribution < -0.4 is 10.5 Å². The minimum absolute atomic E-state index is 0.0227. The molecule has 0 N–H and O–H groups in total. The van der Waals surface area contributed by atoms with E-state index in [4.69, 9.17) is 4.98 Å². The molecule has 0 radical (unpaired) electrons. The number of carbonyl (C=O) groups excluding carboxylic acids is 1. The molecule has 1 atom stereocenters. The van der Waals surface area contributed by atoms with Crippen molar-refractivity contribution in [3.8, 4) is 5.69 Å². The standard InChI is InChI=1S/C31H33N3O4S3/c1-7-25-22(6)40-29-28(25)30(36)34(26-14-18(2)8-9-20(26)4)31(32-29)39-16-27(35)33(24-12-13-41(37,38)17-24)23-11-10-19(3)21(5)15-23/h8-15,24H,7,16-17H2,1-6H3. The minimum Gasteiger partial charge on any atom is -0.304 e. The van der Waals surface area contributed by atoms with Crippen molar-refractivity contribution in [1.82, 2.24) is 9.55 Å². The molecule has 41 heavy (non-hydrogen) atoms. The molecule has 7 nitrogen and oxygen atoms in total. The molecule has 10 heteroatoms. The Morgan fingerprint density at radius 1 is 1.07 bits per heavy atom. The summed E-state index contributed by atoms with van der Waals surface area (Å²) in [7, 11) is -3.39. The zero-order chi connectivity index (χ0) is 29.6. The second-order valence-corrected chi connectivity index (χ2v) is 14.6. The van der Waals surface area contributed by atoms with Crippen LogP contribution in [0.4, 0.5) is 5.69 Å². The maximum atomic E-state index is 14.1. The fourth-order valence-electron chi connectivity index (χ4n) is 5.20. The number of nitrogens with zero attached hydrogens (tertiary/aromatic N) is 3. The molecule has 1 aliphatic heterocycles. The van der Waals surface area contributed by atoms with E-state index in [2.05, 4.69) is 0 Å². The highest BCUT2D eigenvalue weighted by molar-refractivity contribution is 7.99. The van der Waals surface area contributed by atoms with Crippen LogP contribution in [0.15, 0.2) is 57.8 Å². The fourth-order valence-corrected chi connectivity index (χ4v) is 8.49. The Hall–Kier alpha value is -3.21. The SMILES string of the molecule is CCc1c(C)sc2nc(SCC(=O)N(c3ccc(C)c(C)c3)C3C=CS(=O)(=O)C3)n(-c3cc(C)ccc3C)c(=O)c12. The smallest absolute Gasteiger partial charge is 0.267 e.